The molecule has 5 heteroatoms. The Hall–Kier alpha value is -0.650. The molecule has 0 aliphatic rings. The Morgan fingerprint density at radius 2 is 2.07 bits per heavy atom. The molecule has 0 aliphatic carbocycles. The van der Waals surface area contributed by atoms with Gasteiger partial charge < -0.3 is 20.1 Å². The van der Waals surface area contributed by atoms with Crippen molar-refractivity contribution in [2.24, 2.45) is 0 Å². The Morgan fingerprint density at radius 1 is 1.27 bits per heavy atom. The number of methoxy groups -OCH3 is 1. The topological polar surface area (TPSA) is 59.6 Å². The smallest absolute Gasteiger partial charge is 0.233 e. The first-order chi connectivity index (χ1) is 7.31. The molecule has 1 amide bonds. The molecule has 0 saturated heterocycles. The van der Waals surface area contributed by atoms with Crippen LogP contribution in [-0.2, 0) is 14.3 Å². The molecule has 0 spiro atoms. The summed E-state index contributed by atoms with van der Waals surface area (Å²) in [6.07, 6.45) is 0.910. The van der Waals surface area contributed by atoms with Gasteiger partial charge >= 0.3 is 0 Å². The second kappa shape index (κ2) is 11.4. The van der Waals surface area contributed by atoms with Crippen molar-refractivity contribution in [1.82, 2.24) is 10.6 Å². The van der Waals surface area contributed by atoms with Gasteiger partial charge in [-0.05, 0) is 13.3 Å². The quantitative estimate of drug-likeness (QED) is 0.497. The van der Waals surface area contributed by atoms with E-state index in [9.17, 15) is 4.79 Å². The van der Waals surface area contributed by atoms with Crippen LogP contribution in [0.2, 0.25) is 0 Å². The molecule has 0 bridgehead atoms. The second-order valence-corrected chi connectivity index (χ2v) is 3.09. The molecular formula is C10H22N2O3. The van der Waals surface area contributed by atoms with Crippen molar-refractivity contribution in [1.29, 1.82) is 0 Å². The molecule has 5 nitrogen and oxygen atoms in total. The third-order valence-corrected chi connectivity index (χ3v) is 1.72. The number of hydrogen-bond acceptors (Lipinski definition) is 4. The van der Waals surface area contributed by atoms with Crippen molar-refractivity contribution < 1.29 is 14.3 Å². The fourth-order valence-electron chi connectivity index (χ4n) is 1.01. The molecule has 2 N–H and O–H groups in total. The minimum atomic E-state index is 0.0249. The molecule has 0 saturated carbocycles. The van der Waals surface area contributed by atoms with E-state index in [2.05, 4.69) is 10.6 Å². The highest BCUT2D eigenvalue weighted by Gasteiger charge is 1.96. The van der Waals surface area contributed by atoms with Crippen molar-refractivity contribution in [2.45, 2.75) is 13.3 Å². The minimum absolute atomic E-state index is 0.0249. The summed E-state index contributed by atoms with van der Waals surface area (Å²) in [7, 11) is 1.67. The molecule has 90 valence electrons. The van der Waals surface area contributed by atoms with Gasteiger partial charge in [0, 0.05) is 33.4 Å². The average Bonchev–Trinajstić information content (AvgIpc) is 2.22. The third-order valence-electron chi connectivity index (χ3n) is 1.72. The van der Waals surface area contributed by atoms with Gasteiger partial charge in [-0.15, -0.1) is 0 Å². The van der Waals surface area contributed by atoms with Gasteiger partial charge in [0.2, 0.25) is 5.91 Å². The molecule has 0 rings (SSSR count). The highest BCUT2D eigenvalue weighted by Crippen LogP contribution is 1.82. The summed E-state index contributed by atoms with van der Waals surface area (Å²) >= 11 is 0. The lowest BCUT2D eigenvalue weighted by Gasteiger charge is -2.05. The van der Waals surface area contributed by atoms with Gasteiger partial charge in [0.1, 0.15) is 0 Å². The van der Waals surface area contributed by atoms with Crippen LogP contribution in [0.3, 0.4) is 0 Å². The zero-order valence-electron chi connectivity index (χ0n) is 9.67. The molecule has 0 atom stereocenters. The maximum Gasteiger partial charge on any atom is 0.233 e. The Kier molecular flexibility index (Phi) is 10.9. The van der Waals surface area contributed by atoms with Crippen molar-refractivity contribution in [3.63, 3.8) is 0 Å². The molecule has 0 aromatic heterocycles. The molecule has 0 fully saturated rings. The third kappa shape index (κ3) is 11.3. The van der Waals surface area contributed by atoms with Crippen molar-refractivity contribution in [3.8, 4) is 0 Å². The van der Waals surface area contributed by atoms with Gasteiger partial charge in [-0.2, -0.15) is 0 Å². The maximum absolute atomic E-state index is 11.0. The number of carbonyl (C=O) groups excluding carboxylic acids is 1. The Bertz CT molecular complexity index is 154. The fraction of sp³-hybridized carbons (Fsp3) is 0.900. The first-order valence-electron chi connectivity index (χ1n) is 5.35. The highest BCUT2D eigenvalue weighted by molar-refractivity contribution is 5.77. The molecule has 0 aliphatic heterocycles. The predicted molar refractivity (Wildman–Crippen MR) is 58.9 cm³/mol. The number of hydrogen-bond donors (Lipinski definition) is 2. The monoisotopic (exact) mass is 218 g/mol. The van der Waals surface area contributed by atoms with E-state index in [0.717, 1.165) is 13.0 Å². The van der Waals surface area contributed by atoms with Crippen LogP contribution in [0.4, 0.5) is 0 Å². The van der Waals surface area contributed by atoms with Crippen LogP contribution in [-0.4, -0.2) is 52.5 Å². The Labute approximate surface area is 91.5 Å². The molecule has 0 unspecified atom stereocenters. The summed E-state index contributed by atoms with van der Waals surface area (Å²) in [4.78, 5) is 11.0. The number of likely N-dealkylation sites (N-methyl/N-ethyl adjacent to an activating group) is 1. The lowest BCUT2D eigenvalue weighted by Crippen LogP contribution is -2.35. The number of ether oxygens (including phenoxy) is 2. The lowest BCUT2D eigenvalue weighted by molar-refractivity contribution is -0.120. The van der Waals surface area contributed by atoms with Crippen LogP contribution in [0.25, 0.3) is 0 Å². The van der Waals surface area contributed by atoms with Crippen molar-refractivity contribution in [2.75, 3.05) is 46.6 Å². The van der Waals surface area contributed by atoms with Gasteiger partial charge in [-0.1, -0.05) is 0 Å². The zero-order valence-corrected chi connectivity index (χ0v) is 9.67. The normalized spacial score (nSPS) is 10.3. The standard InChI is InChI=1S/C10H22N2O3/c1-3-12-10(13)9-11-5-8-15-7-4-6-14-2/h11H,3-9H2,1-2H3,(H,12,13). The predicted octanol–water partition coefficient (Wildman–Crippen LogP) is -0.235. The van der Waals surface area contributed by atoms with Gasteiger partial charge in [0.15, 0.2) is 0 Å². The number of amides is 1. The average molecular weight is 218 g/mol. The van der Waals surface area contributed by atoms with E-state index in [0.29, 0.717) is 32.8 Å². The van der Waals surface area contributed by atoms with E-state index in [-0.39, 0.29) is 5.91 Å². The van der Waals surface area contributed by atoms with Crippen LogP contribution in [0.15, 0.2) is 0 Å². The lowest BCUT2D eigenvalue weighted by atomic mass is 10.5. The van der Waals surface area contributed by atoms with Crippen LogP contribution in [0.5, 0.6) is 0 Å². The van der Waals surface area contributed by atoms with Crippen LogP contribution in [0.1, 0.15) is 13.3 Å². The highest BCUT2D eigenvalue weighted by atomic mass is 16.5. The van der Waals surface area contributed by atoms with Gasteiger partial charge in [-0.25, -0.2) is 0 Å². The largest absolute Gasteiger partial charge is 0.385 e. The van der Waals surface area contributed by atoms with Crippen LogP contribution in [0, 0.1) is 0 Å². The SMILES string of the molecule is CCNC(=O)CNCCOCCCOC. The number of carbonyl (C=O) groups is 1. The summed E-state index contributed by atoms with van der Waals surface area (Å²) in [6.45, 7) is 5.69. The van der Waals surface area contributed by atoms with E-state index < -0.39 is 0 Å². The van der Waals surface area contributed by atoms with Crippen molar-refractivity contribution in [3.05, 3.63) is 0 Å². The Morgan fingerprint density at radius 3 is 2.73 bits per heavy atom. The minimum Gasteiger partial charge on any atom is -0.385 e. The summed E-state index contributed by atoms with van der Waals surface area (Å²) in [5.41, 5.74) is 0. The fourth-order valence-corrected chi connectivity index (χ4v) is 1.01. The van der Waals surface area contributed by atoms with Crippen LogP contribution < -0.4 is 10.6 Å². The van der Waals surface area contributed by atoms with E-state index in [1.807, 2.05) is 6.92 Å². The van der Waals surface area contributed by atoms with E-state index >= 15 is 0 Å². The second-order valence-electron chi connectivity index (χ2n) is 3.09. The van der Waals surface area contributed by atoms with E-state index in [4.69, 9.17) is 9.47 Å². The molecule has 0 aromatic rings. The van der Waals surface area contributed by atoms with Crippen LogP contribution >= 0.6 is 0 Å². The van der Waals surface area contributed by atoms with Crippen molar-refractivity contribution >= 4 is 5.91 Å². The first kappa shape index (κ1) is 14.3. The molecule has 15 heavy (non-hydrogen) atoms. The van der Waals surface area contributed by atoms with E-state index in [1.165, 1.54) is 0 Å². The zero-order chi connectivity index (χ0) is 11.4. The van der Waals surface area contributed by atoms with Gasteiger partial charge in [-0.3, -0.25) is 4.79 Å². The number of nitrogens with one attached hydrogen (secondary N) is 2. The maximum atomic E-state index is 11.0. The summed E-state index contributed by atoms with van der Waals surface area (Å²) in [6, 6.07) is 0. The summed E-state index contributed by atoms with van der Waals surface area (Å²) < 4.78 is 10.2. The molecule has 0 radical (unpaired) electrons. The number of rotatable bonds is 10. The van der Waals surface area contributed by atoms with Gasteiger partial charge in [0.25, 0.3) is 0 Å². The molecule has 0 heterocycles. The summed E-state index contributed by atoms with van der Waals surface area (Å²) in [5, 5.41) is 5.70. The molecular weight excluding hydrogens is 196 g/mol. The van der Waals surface area contributed by atoms with E-state index in [1.54, 1.807) is 7.11 Å². The molecule has 0 aromatic carbocycles. The first-order valence-corrected chi connectivity index (χ1v) is 5.35. The Balaban J connectivity index is 3.01. The summed E-state index contributed by atoms with van der Waals surface area (Å²) in [5.74, 6) is 0.0249. The van der Waals surface area contributed by atoms with Gasteiger partial charge in [0.05, 0.1) is 13.2 Å².